The van der Waals surface area contributed by atoms with E-state index in [4.69, 9.17) is 27.9 Å². The number of rotatable bonds is 6. The largest absolute Gasteiger partial charge is 0.482 e. The van der Waals surface area contributed by atoms with E-state index in [1.807, 2.05) is 11.9 Å². The Morgan fingerprint density at radius 1 is 1.29 bits per heavy atom. The fourth-order valence-corrected chi connectivity index (χ4v) is 3.36. The van der Waals surface area contributed by atoms with Crippen molar-refractivity contribution >= 4 is 29.1 Å². The second kappa shape index (κ2) is 6.05. The summed E-state index contributed by atoms with van der Waals surface area (Å²) in [4.78, 5) is 14.2. The summed E-state index contributed by atoms with van der Waals surface area (Å²) >= 11 is 11.9. The summed E-state index contributed by atoms with van der Waals surface area (Å²) in [5, 5.41) is 0.984. The summed E-state index contributed by atoms with van der Waals surface area (Å²) in [6, 6.07) is 5.41. The van der Waals surface area contributed by atoms with Gasteiger partial charge < -0.3 is 9.64 Å². The molecule has 21 heavy (non-hydrogen) atoms. The number of ether oxygens (including phenoxy) is 1. The van der Waals surface area contributed by atoms with Crippen molar-refractivity contribution in [1.82, 2.24) is 4.90 Å². The van der Waals surface area contributed by atoms with E-state index in [1.54, 1.807) is 18.2 Å². The van der Waals surface area contributed by atoms with Crippen LogP contribution in [0.1, 0.15) is 25.7 Å². The molecule has 0 radical (unpaired) electrons. The number of amides is 1. The third-order valence-electron chi connectivity index (χ3n) is 4.30. The van der Waals surface area contributed by atoms with Crippen LogP contribution in [0.2, 0.25) is 10.0 Å². The van der Waals surface area contributed by atoms with Gasteiger partial charge in [-0.15, -0.1) is 0 Å². The Hall–Kier alpha value is -0.930. The van der Waals surface area contributed by atoms with Crippen molar-refractivity contribution in [3.8, 4) is 5.75 Å². The molecule has 2 saturated carbocycles. The second-order valence-electron chi connectivity index (χ2n) is 6.03. The molecule has 0 heterocycles. The van der Waals surface area contributed by atoms with E-state index in [-0.39, 0.29) is 12.5 Å². The van der Waals surface area contributed by atoms with Gasteiger partial charge in [-0.2, -0.15) is 0 Å². The third-order valence-corrected chi connectivity index (χ3v) is 4.83. The molecular weight excluding hydrogens is 309 g/mol. The van der Waals surface area contributed by atoms with Crippen molar-refractivity contribution in [1.29, 1.82) is 0 Å². The van der Waals surface area contributed by atoms with Crippen molar-refractivity contribution < 1.29 is 9.53 Å². The SMILES string of the molecule is CN(C(=O)COc1ccc(Cl)cc1Cl)C(C1CC1)C1CC1. The van der Waals surface area contributed by atoms with Gasteiger partial charge in [-0.1, -0.05) is 23.2 Å². The highest BCUT2D eigenvalue weighted by atomic mass is 35.5. The zero-order valence-corrected chi connectivity index (χ0v) is 13.5. The molecule has 1 amide bonds. The van der Waals surface area contributed by atoms with E-state index in [9.17, 15) is 4.79 Å². The first-order valence-corrected chi connectivity index (χ1v) is 8.15. The number of likely N-dealkylation sites (N-methyl/N-ethyl adjacent to an activating group) is 1. The Balaban J connectivity index is 1.57. The molecule has 0 aliphatic heterocycles. The second-order valence-corrected chi connectivity index (χ2v) is 6.88. The van der Waals surface area contributed by atoms with Crippen LogP contribution in [-0.2, 0) is 4.79 Å². The average molecular weight is 328 g/mol. The fourth-order valence-electron chi connectivity index (χ4n) is 2.89. The van der Waals surface area contributed by atoms with Crippen LogP contribution in [0.3, 0.4) is 0 Å². The van der Waals surface area contributed by atoms with Gasteiger partial charge in [0.15, 0.2) is 6.61 Å². The lowest BCUT2D eigenvalue weighted by Crippen LogP contribution is -2.42. The van der Waals surface area contributed by atoms with Crippen LogP contribution in [0.4, 0.5) is 0 Å². The van der Waals surface area contributed by atoms with E-state index < -0.39 is 0 Å². The average Bonchev–Trinajstić information content (AvgIpc) is 3.31. The van der Waals surface area contributed by atoms with Gasteiger partial charge in [-0.3, -0.25) is 4.79 Å². The van der Waals surface area contributed by atoms with E-state index in [0.29, 0.717) is 33.7 Å². The normalized spacial score (nSPS) is 17.9. The van der Waals surface area contributed by atoms with Gasteiger partial charge in [0.25, 0.3) is 5.91 Å². The number of benzene rings is 1. The molecular formula is C16H19Cl2NO2. The van der Waals surface area contributed by atoms with Crippen molar-refractivity contribution in [2.45, 2.75) is 31.7 Å². The number of carbonyl (C=O) groups excluding carboxylic acids is 1. The molecule has 2 fully saturated rings. The number of hydrogen-bond acceptors (Lipinski definition) is 2. The highest BCUT2D eigenvalue weighted by Gasteiger charge is 2.44. The quantitative estimate of drug-likeness (QED) is 0.789. The van der Waals surface area contributed by atoms with Crippen molar-refractivity contribution in [2.75, 3.05) is 13.7 Å². The summed E-state index contributed by atoms with van der Waals surface area (Å²) in [6.07, 6.45) is 5.01. The van der Waals surface area contributed by atoms with Gasteiger partial charge in [0.1, 0.15) is 5.75 Å². The van der Waals surface area contributed by atoms with E-state index in [1.165, 1.54) is 25.7 Å². The lowest BCUT2D eigenvalue weighted by molar-refractivity contribution is -0.135. The topological polar surface area (TPSA) is 29.5 Å². The lowest BCUT2D eigenvalue weighted by Gasteiger charge is -2.28. The van der Waals surface area contributed by atoms with Gasteiger partial charge in [0.2, 0.25) is 0 Å². The van der Waals surface area contributed by atoms with Crippen molar-refractivity contribution in [3.05, 3.63) is 28.2 Å². The summed E-state index contributed by atoms with van der Waals surface area (Å²) in [7, 11) is 1.90. The molecule has 2 aliphatic carbocycles. The van der Waals surface area contributed by atoms with Crippen LogP contribution in [0.5, 0.6) is 5.75 Å². The van der Waals surface area contributed by atoms with Crippen LogP contribution in [0.15, 0.2) is 18.2 Å². The van der Waals surface area contributed by atoms with E-state index in [2.05, 4.69) is 0 Å². The molecule has 0 unspecified atom stereocenters. The third kappa shape index (κ3) is 3.64. The standard InChI is InChI=1S/C16H19Cl2NO2/c1-19(16(10-2-3-10)11-4-5-11)15(20)9-21-14-7-6-12(17)8-13(14)18/h6-8,10-11,16H,2-5,9H2,1H3. The van der Waals surface area contributed by atoms with Gasteiger partial charge >= 0.3 is 0 Å². The highest BCUT2D eigenvalue weighted by Crippen LogP contribution is 2.46. The molecule has 0 spiro atoms. The van der Waals surface area contributed by atoms with E-state index in [0.717, 1.165) is 0 Å². The Labute approximate surface area is 135 Å². The van der Waals surface area contributed by atoms with Crippen LogP contribution >= 0.6 is 23.2 Å². The van der Waals surface area contributed by atoms with E-state index >= 15 is 0 Å². The van der Waals surface area contributed by atoms with Crippen LogP contribution in [0.25, 0.3) is 0 Å². The Morgan fingerprint density at radius 3 is 2.43 bits per heavy atom. The lowest BCUT2D eigenvalue weighted by atomic mass is 10.1. The Kier molecular flexibility index (Phi) is 4.32. The molecule has 3 nitrogen and oxygen atoms in total. The van der Waals surface area contributed by atoms with Crippen LogP contribution in [0, 0.1) is 11.8 Å². The molecule has 1 aromatic carbocycles. The maximum absolute atomic E-state index is 12.3. The smallest absolute Gasteiger partial charge is 0.260 e. The molecule has 1 aromatic rings. The van der Waals surface area contributed by atoms with Crippen molar-refractivity contribution in [2.24, 2.45) is 11.8 Å². The van der Waals surface area contributed by atoms with Crippen LogP contribution in [-0.4, -0.2) is 30.5 Å². The Bertz CT molecular complexity index is 529. The molecule has 0 bridgehead atoms. The van der Waals surface area contributed by atoms with Crippen LogP contribution < -0.4 is 4.74 Å². The summed E-state index contributed by atoms with van der Waals surface area (Å²) in [5.41, 5.74) is 0. The van der Waals surface area contributed by atoms with Gasteiger partial charge in [-0.25, -0.2) is 0 Å². The highest BCUT2D eigenvalue weighted by molar-refractivity contribution is 6.35. The van der Waals surface area contributed by atoms with Gasteiger partial charge in [0.05, 0.1) is 5.02 Å². The minimum Gasteiger partial charge on any atom is -0.482 e. The predicted octanol–water partition coefficient (Wildman–Crippen LogP) is 4.02. The first-order valence-electron chi connectivity index (χ1n) is 7.40. The number of carbonyl (C=O) groups is 1. The van der Waals surface area contributed by atoms with Crippen molar-refractivity contribution in [3.63, 3.8) is 0 Å². The maximum atomic E-state index is 12.3. The predicted molar refractivity (Wildman–Crippen MR) is 84.0 cm³/mol. The maximum Gasteiger partial charge on any atom is 0.260 e. The number of hydrogen-bond donors (Lipinski definition) is 0. The first kappa shape index (κ1) is 15.0. The number of halogens is 2. The van der Waals surface area contributed by atoms with Gasteiger partial charge in [0, 0.05) is 18.1 Å². The molecule has 3 rings (SSSR count). The summed E-state index contributed by atoms with van der Waals surface area (Å²) in [6.45, 7) is 0.0216. The fraction of sp³-hybridized carbons (Fsp3) is 0.562. The minimum atomic E-state index is 0.0183. The Morgan fingerprint density at radius 2 is 1.90 bits per heavy atom. The summed E-state index contributed by atoms with van der Waals surface area (Å²) < 4.78 is 5.54. The molecule has 0 saturated heterocycles. The molecule has 114 valence electrons. The molecule has 0 atom stereocenters. The van der Waals surface area contributed by atoms with Gasteiger partial charge in [-0.05, 0) is 55.7 Å². The zero-order valence-electron chi connectivity index (χ0n) is 12.0. The molecule has 5 heteroatoms. The minimum absolute atomic E-state index is 0.0183. The first-order chi connectivity index (χ1) is 10.1. The molecule has 0 aromatic heterocycles. The molecule has 2 aliphatic rings. The summed E-state index contributed by atoms with van der Waals surface area (Å²) in [5.74, 6) is 1.91. The number of nitrogens with zero attached hydrogens (tertiary/aromatic N) is 1. The zero-order chi connectivity index (χ0) is 15.0. The monoisotopic (exact) mass is 327 g/mol. The molecule has 0 N–H and O–H groups in total.